The topological polar surface area (TPSA) is 96.0 Å². The molecule has 0 bridgehead atoms. The van der Waals surface area contributed by atoms with Crippen LogP contribution in [0, 0.1) is 10.1 Å². The van der Waals surface area contributed by atoms with Crippen LogP contribution < -0.4 is 0 Å². The Labute approximate surface area is 128 Å². The first kappa shape index (κ1) is 16.9. The van der Waals surface area contributed by atoms with Gasteiger partial charge in [0.05, 0.1) is 4.92 Å². The van der Waals surface area contributed by atoms with E-state index in [0.717, 1.165) is 12.1 Å². The molecule has 1 heterocycles. The van der Waals surface area contributed by atoms with Gasteiger partial charge in [-0.1, -0.05) is 19.1 Å². The van der Waals surface area contributed by atoms with Gasteiger partial charge in [-0.15, -0.1) is 0 Å². The van der Waals surface area contributed by atoms with E-state index in [4.69, 9.17) is 0 Å². The summed E-state index contributed by atoms with van der Waals surface area (Å²) in [6, 6.07) is 4.54. The van der Waals surface area contributed by atoms with E-state index in [9.17, 15) is 33.2 Å². The van der Waals surface area contributed by atoms with E-state index in [1.807, 2.05) is 0 Å². The van der Waals surface area contributed by atoms with Gasteiger partial charge in [0.25, 0.3) is 17.3 Å². The maximum atomic E-state index is 13.2. The summed E-state index contributed by atoms with van der Waals surface area (Å²) in [4.78, 5) is 22.4. The van der Waals surface area contributed by atoms with Crippen molar-refractivity contribution in [2.75, 3.05) is 0 Å². The third-order valence-corrected chi connectivity index (χ3v) is 3.43. The zero-order valence-electron chi connectivity index (χ0n) is 11.9. The number of aliphatic hydroxyl groups is 1. The molecule has 10 heteroatoms. The Morgan fingerprint density at radius 2 is 2.09 bits per heavy atom. The fraction of sp³-hybridized carbons (Fsp3) is 0.385. The van der Waals surface area contributed by atoms with E-state index < -0.39 is 40.4 Å². The number of hydrogen-bond donors (Lipinski definition) is 1. The number of amides is 1. The van der Waals surface area contributed by atoms with Crippen molar-refractivity contribution in [1.82, 2.24) is 5.01 Å². The highest BCUT2D eigenvalue weighted by molar-refractivity contribution is 6.01. The molecule has 0 fully saturated rings. The zero-order valence-corrected chi connectivity index (χ0v) is 11.9. The van der Waals surface area contributed by atoms with E-state index >= 15 is 0 Å². The highest BCUT2D eigenvalue weighted by Gasteiger charge is 2.63. The summed E-state index contributed by atoms with van der Waals surface area (Å²) in [6.45, 7) is 1.52. The van der Waals surface area contributed by atoms with Crippen molar-refractivity contribution >= 4 is 17.3 Å². The Hall–Kier alpha value is -2.49. The number of para-hydroxylation sites is 1. The first-order valence-corrected chi connectivity index (χ1v) is 6.55. The molecule has 0 saturated carbocycles. The van der Waals surface area contributed by atoms with Crippen LogP contribution in [0.4, 0.5) is 18.9 Å². The Kier molecular flexibility index (Phi) is 4.12. The minimum atomic E-state index is -5.16. The van der Waals surface area contributed by atoms with Crippen LogP contribution in [-0.4, -0.2) is 38.6 Å². The van der Waals surface area contributed by atoms with Crippen LogP contribution in [0.2, 0.25) is 0 Å². The third-order valence-electron chi connectivity index (χ3n) is 3.43. The Bertz CT molecular complexity index is 689. The summed E-state index contributed by atoms with van der Waals surface area (Å²) >= 11 is 0. The van der Waals surface area contributed by atoms with Crippen LogP contribution in [0.25, 0.3) is 0 Å². The van der Waals surface area contributed by atoms with Crippen LogP contribution in [0.3, 0.4) is 0 Å². The first-order chi connectivity index (χ1) is 10.6. The summed E-state index contributed by atoms with van der Waals surface area (Å²) in [6.07, 6.45) is -5.95. The van der Waals surface area contributed by atoms with E-state index in [1.54, 1.807) is 0 Å². The molecule has 1 atom stereocenters. The van der Waals surface area contributed by atoms with Gasteiger partial charge in [-0.2, -0.15) is 23.3 Å². The molecule has 0 aliphatic carbocycles. The van der Waals surface area contributed by atoms with E-state index in [-0.39, 0.29) is 17.1 Å². The molecular formula is C13H12F3N3O4. The van der Waals surface area contributed by atoms with Crippen LogP contribution in [-0.2, 0) is 0 Å². The SMILES string of the molecule is CCC1=NN(C(=O)c2ccccc2[N+](=O)[O-])C(O)(C(F)(F)F)C1. The fourth-order valence-corrected chi connectivity index (χ4v) is 2.18. The van der Waals surface area contributed by atoms with Gasteiger partial charge in [-0.25, -0.2) is 0 Å². The molecule has 7 nitrogen and oxygen atoms in total. The summed E-state index contributed by atoms with van der Waals surface area (Å²) in [5.41, 5.74) is -4.79. The molecule has 1 aromatic rings. The Balaban J connectivity index is 2.52. The number of benzene rings is 1. The number of alkyl halides is 3. The second-order valence-corrected chi connectivity index (χ2v) is 4.90. The van der Waals surface area contributed by atoms with Crippen molar-refractivity contribution in [2.24, 2.45) is 5.10 Å². The summed E-state index contributed by atoms with van der Waals surface area (Å²) in [5.74, 6) is -1.39. The second kappa shape index (κ2) is 5.61. The molecule has 1 aliphatic rings. The van der Waals surface area contributed by atoms with Gasteiger partial charge in [0.15, 0.2) is 0 Å². The van der Waals surface area contributed by atoms with Gasteiger partial charge in [0, 0.05) is 18.2 Å². The maximum Gasteiger partial charge on any atom is 0.438 e. The van der Waals surface area contributed by atoms with E-state index in [1.165, 1.54) is 19.1 Å². The zero-order chi connectivity index (χ0) is 17.4. The van der Waals surface area contributed by atoms with Crippen molar-refractivity contribution in [3.63, 3.8) is 0 Å². The lowest BCUT2D eigenvalue weighted by Gasteiger charge is -2.32. The van der Waals surface area contributed by atoms with Gasteiger partial charge >= 0.3 is 6.18 Å². The number of nitro benzene ring substituents is 1. The molecular weight excluding hydrogens is 319 g/mol. The maximum absolute atomic E-state index is 13.2. The lowest BCUT2D eigenvalue weighted by atomic mass is 10.0. The van der Waals surface area contributed by atoms with Crippen molar-refractivity contribution in [3.05, 3.63) is 39.9 Å². The van der Waals surface area contributed by atoms with Gasteiger partial charge in [-0.3, -0.25) is 14.9 Å². The van der Waals surface area contributed by atoms with Gasteiger partial charge in [0.1, 0.15) is 5.56 Å². The molecule has 1 unspecified atom stereocenters. The predicted molar refractivity (Wildman–Crippen MR) is 72.6 cm³/mol. The lowest BCUT2D eigenvalue weighted by Crippen LogP contribution is -2.56. The molecule has 23 heavy (non-hydrogen) atoms. The van der Waals surface area contributed by atoms with Crippen LogP contribution in [0.15, 0.2) is 29.4 Å². The first-order valence-electron chi connectivity index (χ1n) is 6.55. The Morgan fingerprint density at radius 1 is 1.48 bits per heavy atom. The molecule has 1 aliphatic heterocycles. The summed E-state index contributed by atoms with van der Waals surface area (Å²) < 4.78 is 39.6. The summed E-state index contributed by atoms with van der Waals surface area (Å²) in [5, 5.41) is 24.3. The standard InChI is InChI=1S/C13H12F3N3O4/c1-2-8-7-12(21,13(14,15)16)18(17-8)11(20)9-5-3-4-6-10(9)19(22)23/h3-6,21H,2,7H2,1H3. The van der Waals surface area contributed by atoms with Crippen molar-refractivity contribution in [3.8, 4) is 0 Å². The number of carbonyl (C=O) groups is 1. The average Bonchev–Trinajstić information content (AvgIpc) is 2.84. The van der Waals surface area contributed by atoms with Crippen molar-refractivity contribution in [1.29, 1.82) is 0 Å². The van der Waals surface area contributed by atoms with Crippen LogP contribution in [0.5, 0.6) is 0 Å². The number of rotatable bonds is 3. The quantitative estimate of drug-likeness (QED) is 0.680. The van der Waals surface area contributed by atoms with E-state index in [0.29, 0.717) is 0 Å². The number of nitro groups is 1. The molecule has 0 spiro atoms. The number of carbonyl (C=O) groups excluding carboxylic acids is 1. The molecule has 1 N–H and O–H groups in total. The number of hydrogen-bond acceptors (Lipinski definition) is 5. The fourth-order valence-electron chi connectivity index (χ4n) is 2.18. The largest absolute Gasteiger partial charge is 0.438 e. The van der Waals surface area contributed by atoms with Gasteiger partial charge < -0.3 is 5.11 Å². The van der Waals surface area contributed by atoms with Crippen molar-refractivity contribution in [2.45, 2.75) is 31.7 Å². The van der Waals surface area contributed by atoms with Crippen LogP contribution >= 0.6 is 0 Å². The average molecular weight is 331 g/mol. The third kappa shape index (κ3) is 2.77. The molecule has 124 valence electrons. The molecule has 1 amide bonds. The number of halogens is 3. The smallest absolute Gasteiger partial charge is 0.362 e. The highest BCUT2D eigenvalue weighted by atomic mass is 19.4. The minimum absolute atomic E-state index is 0.0308. The number of hydrazone groups is 1. The van der Waals surface area contributed by atoms with Crippen LogP contribution in [0.1, 0.15) is 30.1 Å². The summed E-state index contributed by atoms with van der Waals surface area (Å²) in [7, 11) is 0. The van der Waals surface area contributed by atoms with Gasteiger partial charge in [-0.05, 0) is 12.5 Å². The minimum Gasteiger partial charge on any atom is -0.362 e. The van der Waals surface area contributed by atoms with Gasteiger partial charge in [0.2, 0.25) is 0 Å². The molecule has 2 rings (SSSR count). The normalized spacial score (nSPS) is 21.3. The predicted octanol–water partition coefficient (Wildman–Crippen LogP) is 2.46. The highest BCUT2D eigenvalue weighted by Crippen LogP contribution is 2.41. The molecule has 0 radical (unpaired) electrons. The van der Waals surface area contributed by atoms with Crippen molar-refractivity contribution < 1.29 is 28.0 Å². The number of nitrogens with zero attached hydrogens (tertiary/aromatic N) is 3. The molecule has 0 saturated heterocycles. The second-order valence-electron chi connectivity index (χ2n) is 4.90. The monoisotopic (exact) mass is 331 g/mol. The Morgan fingerprint density at radius 3 is 2.61 bits per heavy atom. The molecule has 0 aromatic heterocycles. The molecule has 1 aromatic carbocycles. The van der Waals surface area contributed by atoms with E-state index in [2.05, 4.69) is 5.10 Å². The lowest BCUT2D eigenvalue weighted by molar-refractivity contribution is -0.385.